The molecule has 4 rings (SSSR count). The third-order valence-corrected chi connectivity index (χ3v) is 6.66. The Hall–Kier alpha value is -2.57. The van der Waals surface area contributed by atoms with E-state index in [0.717, 1.165) is 77.4 Å². The molecule has 172 valence electrons. The number of hydrogen-bond donors (Lipinski definition) is 1. The van der Waals surface area contributed by atoms with Gasteiger partial charge < -0.3 is 15.0 Å². The molecule has 2 aromatic rings. The summed E-state index contributed by atoms with van der Waals surface area (Å²) in [4.78, 5) is 20.0. The van der Waals surface area contributed by atoms with Crippen molar-refractivity contribution in [1.29, 1.82) is 0 Å². The van der Waals surface area contributed by atoms with Gasteiger partial charge in [0.05, 0.1) is 13.2 Å². The molecule has 0 radical (unpaired) electrons. The van der Waals surface area contributed by atoms with Crippen molar-refractivity contribution < 1.29 is 9.53 Å². The summed E-state index contributed by atoms with van der Waals surface area (Å²) in [7, 11) is 1.70. The van der Waals surface area contributed by atoms with Crippen molar-refractivity contribution in [2.24, 2.45) is 0 Å². The lowest BCUT2D eigenvalue weighted by Crippen LogP contribution is -2.47. The van der Waals surface area contributed by atoms with Crippen LogP contribution in [0.1, 0.15) is 24.8 Å². The first kappa shape index (κ1) is 22.6. The second-order valence-electron chi connectivity index (χ2n) is 8.79. The smallest absolute Gasteiger partial charge is 0.237 e. The van der Waals surface area contributed by atoms with Crippen LogP contribution in [-0.2, 0) is 11.3 Å². The topological polar surface area (TPSA) is 48.1 Å². The van der Waals surface area contributed by atoms with Crippen LogP contribution in [0.5, 0.6) is 5.75 Å². The monoisotopic (exact) mass is 436 g/mol. The van der Waals surface area contributed by atoms with Crippen LogP contribution in [0.3, 0.4) is 0 Å². The van der Waals surface area contributed by atoms with Crippen LogP contribution in [0, 0.1) is 0 Å². The number of amides is 1. The summed E-state index contributed by atoms with van der Waals surface area (Å²) in [6.07, 6.45) is 3.06. The number of nitrogens with zero attached hydrogens (tertiary/aromatic N) is 3. The van der Waals surface area contributed by atoms with E-state index in [4.69, 9.17) is 4.74 Å². The van der Waals surface area contributed by atoms with E-state index in [1.807, 2.05) is 18.2 Å². The first-order chi connectivity index (χ1) is 15.7. The summed E-state index contributed by atoms with van der Waals surface area (Å²) in [5.74, 6) is 1.10. The first-order valence-electron chi connectivity index (χ1n) is 11.9. The standard InChI is InChI=1S/C26H36N4O2/c1-32-24-12-10-23(11-13-24)29-19-17-28(18-20-29)15-6-14-27-26(31)25-9-5-16-30(25)21-22-7-3-2-4-8-22/h2-4,7-8,10-13,25H,5-6,9,14-21H2,1H3,(H,27,31). The molecular formula is C26H36N4O2. The van der Waals surface area contributed by atoms with E-state index in [1.54, 1.807) is 7.11 Å². The van der Waals surface area contributed by atoms with Crippen LogP contribution < -0.4 is 15.0 Å². The molecule has 2 aliphatic rings. The van der Waals surface area contributed by atoms with Gasteiger partial charge in [-0.25, -0.2) is 0 Å². The molecular weight excluding hydrogens is 400 g/mol. The van der Waals surface area contributed by atoms with Crippen LogP contribution in [0.2, 0.25) is 0 Å². The minimum Gasteiger partial charge on any atom is -0.497 e. The Morgan fingerprint density at radius 3 is 2.47 bits per heavy atom. The average molecular weight is 437 g/mol. The van der Waals surface area contributed by atoms with Crippen molar-refractivity contribution in [3.8, 4) is 5.75 Å². The van der Waals surface area contributed by atoms with E-state index >= 15 is 0 Å². The second kappa shape index (κ2) is 11.3. The maximum absolute atomic E-state index is 12.8. The fourth-order valence-corrected chi connectivity index (χ4v) is 4.79. The van der Waals surface area contributed by atoms with Crippen LogP contribution in [0.15, 0.2) is 54.6 Å². The summed E-state index contributed by atoms with van der Waals surface area (Å²) >= 11 is 0. The fourth-order valence-electron chi connectivity index (χ4n) is 4.79. The zero-order valence-corrected chi connectivity index (χ0v) is 19.2. The number of carbonyl (C=O) groups is 1. The number of piperazine rings is 1. The van der Waals surface area contributed by atoms with Crippen molar-refractivity contribution in [3.63, 3.8) is 0 Å². The summed E-state index contributed by atoms with van der Waals surface area (Å²) < 4.78 is 5.25. The molecule has 2 saturated heterocycles. The molecule has 2 aliphatic heterocycles. The molecule has 32 heavy (non-hydrogen) atoms. The van der Waals surface area contributed by atoms with Crippen molar-refractivity contribution in [2.45, 2.75) is 31.8 Å². The molecule has 6 nitrogen and oxygen atoms in total. The first-order valence-corrected chi connectivity index (χ1v) is 11.9. The predicted molar refractivity (Wildman–Crippen MR) is 129 cm³/mol. The van der Waals surface area contributed by atoms with E-state index in [9.17, 15) is 4.79 Å². The Bertz CT molecular complexity index is 835. The quantitative estimate of drug-likeness (QED) is 0.613. The largest absolute Gasteiger partial charge is 0.497 e. The number of ether oxygens (including phenoxy) is 1. The normalized spacial score (nSPS) is 19.8. The molecule has 0 bridgehead atoms. The van der Waals surface area contributed by atoms with Gasteiger partial charge in [0.1, 0.15) is 5.75 Å². The van der Waals surface area contributed by atoms with Gasteiger partial charge in [0.2, 0.25) is 5.91 Å². The summed E-state index contributed by atoms with van der Waals surface area (Å²) in [5, 5.41) is 3.20. The minimum atomic E-state index is 0.0169. The molecule has 2 aromatic carbocycles. The maximum Gasteiger partial charge on any atom is 0.237 e. The Morgan fingerprint density at radius 1 is 1.00 bits per heavy atom. The van der Waals surface area contributed by atoms with Crippen LogP contribution in [-0.4, -0.2) is 74.7 Å². The number of anilines is 1. The van der Waals surface area contributed by atoms with E-state index in [-0.39, 0.29) is 11.9 Å². The fraction of sp³-hybridized carbons (Fsp3) is 0.500. The molecule has 0 saturated carbocycles. The molecule has 0 aliphatic carbocycles. The number of carbonyl (C=O) groups excluding carboxylic acids is 1. The Balaban J connectivity index is 1.14. The van der Waals surface area contributed by atoms with Gasteiger partial charge >= 0.3 is 0 Å². The maximum atomic E-state index is 12.8. The van der Waals surface area contributed by atoms with E-state index in [1.165, 1.54) is 11.3 Å². The highest BCUT2D eigenvalue weighted by atomic mass is 16.5. The van der Waals surface area contributed by atoms with Gasteiger partial charge in [-0.2, -0.15) is 0 Å². The highest BCUT2D eigenvalue weighted by molar-refractivity contribution is 5.82. The van der Waals surface area contributed by atoms with Crippen molar-refractivity contribution >= 4 is 11.6 Å². The van der Waals surface area contributed by atoms with Crippen LogP contribution in [0.25, 0.3) is 0 Å². The number of methoxy groups -OCH3 is 1. The molecule has 1 amide bonds. The summed E-state index contributed by atoms with van der Waals surface area (Å²) in [6, 6.07) is 18.8. The van der Waals surface area contributed by atoms with E-state index in [0.29, 0.717) is 0 Å². The van der Waals surface area contributed by atoms with Crippen molar-refractivity contribution in [2.75, 3.05) is 57.8 Å². The SMILES string of the molecule is COc1ccc(N2CCN(CCCNC(=O)C3CCCN3Cc3ccccc3)CC2)cc1. The zero-order valence-electron chi connectivity index (χ0n) is 19.2. The molecule has 0 spiro atoms. The number of rotatable bonds is 9. The molecule has 0 aromatic heterocycles. The van der Waals surface area contributed by atoms with Gasteiger partial charge in [-0.1, -0.05) is 30.3 Å². The Morgan fingerprint density at radius 2 is 1.75 bits per heavy atom. The highest BCUT2D eigenvalue weighted by Gasteiger charge is 2.30. The van der Waals surface area contributed by atoms with Gasteiger partial charge in [-0.15, -0.1) is 0 Å². The van der Waals surface area contributed by atoms with Gasteiger partial charge in [0.15, 0.2) is 0 Å². The zero-order chi connectivity index (χ0) is 22.2. The van der Waals surface area contributed by atoms with Gasteiger partial charge in [-0.3, -0.25) is 14.6 Å². The highest BCUT2D eigenvalue weighted by Crippen LogP contribution is 2.21. The predicted octanol–water partition coefficient (Wildman–Crippen LogP) is 2.99. The molecule has 2 fully saturated rings. The lowest BCUT2D eigenvalue weighted by atomic mass is 10.1. The minimum absolute atomic E-state index is 0.0169. The molecule has 1 unspecified atom stereocenters. The van der Waals surface area contributed by atoms with Gasteiger partial charge in [-0.05, 0) is 62.2 Å². The van der Waals surface area contributed by atoms with Crippen LogP contribution >= 0.6 is 0 Å². The lowest BCUT2D eigenvalue weighted by Gasteiger charge is -2.36. The number of nitrogens with one attached hydrogen (secondary N) is 1. The number of benzene rings is 2. The van der Waals surface area contributed by atoms with Gasteiger partial charge in [0.25, 0.3) is 0 Å². The van der Waals surface area contributed by atoms with Crippen molar-refractivity contribution in [3.05, 3.63) is 60.2 Å². The second-order valence-corrected chi connectivity index (χ2v) is 8.79. The molecule has 1 N–H and O–H groups in total. The molecule has 6 heteroatoms. The number of likely N-dealkylation sites (tertiary alicyclic amines) is 1. The van der Waals surface area contributed by atoms with E-state index in [2.05, 4.69) is 56.4 Å². The average Bonchev–Trinajstić information content (AvgIpc) is 3.31. The van der Waals surface area contributed by atoms with Gasteiger partial charge in [0, 0.05) is 45.0 Å². The van der Waals surface area contributed by atoms with E-state index < -0.39 is 0 Å². The summed E-state index contributed by atoms with van der Waals surface area (Å²) in [6.45, 7) is 7.86. The lowest BCUT2D eigenvalue weighted by molar-refractivity contribution is -0.125. The summed E-state index contributed by atoms with van der Waals surface area (Å²) in [5.41, 5.74) is 2.54. The van der Waals surface area contributed by atoms with Crippen LogP contribution in [0.4, 0.5) is 5.69 Å². The third kappa shape index (κ3) is 6.02. The number of hydrogen-bond acceptors (Lipinski definition) is 5. The molecule has 2 heterocycles. The third-order valence-electron chi connectivity index (χ3n) is 6.66. The molecule has 1 atom stereocenters. The Labute approximate surface area is 192 Å². The Kier molecular flexibility index (Phi) is 8.02. The van der Waals surface area contributed by atoms with Crippen molar-refractivity contribution in [1.82, 2.24) is 15.1 Å².